The highest BCUT2D eigenvalue weighted by Crippen LogP contribution is 2.14. The summed E-state index contributed by atoms with van der Waals surface area (Å²) in [5.41, 5.74) is 1.28. The minimum Gasteiger partial charge on any atom is -0.390 e. The van der Waals surface area contributed by atoms with Crippen molar-refractivity contribution in [1.82, 2.24) is 5.32 Å². The lowest BCUT2D eigenvalue weighted by molar-refractivity contribution is 0.0954. The Labute approximate surface area is 112 Å². The zero-order valence-electron chi connectivity index (χ0n) is 10.4. The van der Waals surface area contributed by atoms with Crippen LogP contribution >= 0.6 is 11.6 Å². The maximum atomic E-state index is 11.9. The number of amides is 1. The third-order valence-corrected chi connectivity index (χ3v) is 2.77. The van der Waals surface area contributed by atoms with Crippen molar-refractivity contribution in [3.05, 3.63) is 29.8 Å². The van der Waals surface area contributed by atoms with Crippen molar-refractivity contribution in [3.8, 4) is 0 Å². The average molecular weight is 271 g/mol. The highest BCUT2D eigenvalue weighted by atomic mass is 35.5. The van der Waals surface area contributed by atoms with Crippen molar-refractivity contribution in [2.75, 3.05) is 24.3 Å². The average Bonchev–Trinajstić information content (AvgIpc) is 2.42. The molecule has 0 aliphatic heterocycles. The van der Waals surface area contributed by atoms with Crippen molar-refractivity contribution in [1.29, 1.82) is 0 Å². The third-order valence-electron chi connectivity index (χ3n) is 2.41. The molecule has 1 atom stereocenters. The monoisotopic (exact) mass is 270 g/mol. The first kappa shape index (κ1) is 14.8. The lowest BCUT2D eigenvalue weighted by Gasteiger charge is -2.13. The molecule has 1 aromatic rings. The Morgan fingerprint density at radius 3 is 2.83 bits per heavy atom. The summed E-state index contributed by atoms with van der Waals surface area (Å²) in [5, 5.41) is 15.2. The van der Waals surface area contributed by atoms with Crippen LogP contribution in [0.3, 0.4) is 0 Å². The van der Waals surface area contributed by atoms with Gasteiger partial charge < -0.3 is 15.7 Å². The predicted molar refractivity (Wildman–Crippen MR) is 74.3 cm³/mol. The number of aliphatic hydroxyl groups is 1. The second kappa shape index (κ2) is 7.95. The SMILES string of the molecule is CCCNC(=O)c1ccccc1NCC(O)CCl. The number of benzene rings is 1. The maximum Gasteiger partial charge on any atom is 0.253 e. The molecule has 0 aliphatic carbocycles. The minimum atomic E-state index is -0.626. The summed E-state index contributed by atoms with van der Waals surface area (Å²) in [6.45, 7) is 2.97. The molecule has 1 unspecified atom stereocenters. The van der Waals surface area contributed by atoms with Gasteiger partial charge in [0.25, 0.3) is 5.91 Å². The van der Waals surface area contributed by atoms with Crippen LogP contribution in [0.25, 0.3) is 0 Å². The number of carbonyl (C=O) groups excluding carboxylic acids is 1. The first-order valence-electron chi connectivity index (χ1n) is 6.04. The van der Waals surface area contributed by atoms with Crippen LogP contribution < -0.4 is 10.6 Å². The molecule has 0 saturated heterocycles. The number of para-hydroxylation sites is 1. The summed E-state index contributed by atoms with van der Waals surface area (Å²) in [5.74, 6) is 0.0531. The van der Waals surface area contributed by atoms with Gasteiger partial charge in [-0.3, -0.25) is 4.79 Å². The van der Waals surface area contributed by atoms with Gasteiger partial charge in [-0.05, 0) is 18.6 Å². The molecule has 0 aromatic heterocycles. The molecule has 100 valence electrons. The van der Waals surface area contributed by atoms with E-state index in [1.807, 2.05) is 25.1 Å². The lowest BCUT2D eigenvalue weighted by Crippen LogP contribution is -2.26. The number of halogens is 1. The molecule has 18 heavy (non-hydrogen) atoms. The van der Waals surface area contributed by atoms with E-state index in [1.165, 1.54) is 0 Å². The van der Waals surface area contributed by atoms with E-state index in [2.05, 4.69) is 10.6 Å². The third kappa shape index (κ3) is 4.55. The molecule has 1 amide bonds. The molecule has 0 saturated carbocycles. The van der Waals surface area contributed by atoms with Crippen LogP contribution in [0.4, 0.5) is 5.69 Å². The lowest BCUT2D eigenvalue weighted by atomic mass is 10.1. The van der Waals surface area contributed by atoms with E-state index in [1.54, 1.807) is 6.07 Å². The van der Waals surface area contributed by atoms with Crippen LogP contribution in [0.2, 0.25) is 0 Å². The number of carbonyl (C=O) groups is 1. The molecule has 0 heterocycles. The first-order valence-corrected chi connectivity index (χ1v) is 6.57. The second-order valence-electron chi connectivity index (χ2n) is 3.99. The predicted octanol–water partition coefficient (Wildman–Crippen LogP) is 1.84. The smallest absolute Gasteiger partial charge is 0.253 e. The van der Waals surface area contributed by atoms with Gasteiger partial charge in [0.1, 0.15) is 0 Å². The fourth-order valence-corrected chi connectivity index (χ4v) is 1.56. The van der Waals surface area contributed by atoms with Gasteiger partial charge in [0.15, 0.2) is 0 Å². The Kier molecular flexibility index (Phi) is 6.54. The van der Waals surface area contributed by atoms with Gasteiger partial charge in [-0.2, -0.15) is 0 Å². The number of rotatable bonds is 7. The number of nitrogens with one attached hydrogen (secondary N) is 2. The number of alkyl halides is 1. The van der Waals surface area contributed by atoms with E-state index in [9.17, 15) is 9.90 Å². The van der Waals surface area contributed by atoms with E-state index >= 15 is 0 Å². The van der Waals surface area contributed by atoms with Crippen LogP contribution in [0, 0.1) is 0 Å². The van der Waals surface area contributed by atoms with Crippen LogP contribution in [-0.4, -0.2) is 36.1 Å². The Morgan fingerprint density at radius 1 is 1.44 bits per heavy atom. The second-order valence-corrected chi connectivity index (χ2v) is 4.30. The normalized spacial score (nSPS) is 11.9. The number of hydrogen-bond acceptors (Lipinski definition) is 3. The van der Waals surface area contributed by atoms with Gasteiger partial charge in [-0.1, -0.05) is 19.1 Å². The summed E-state index contributed by atoms with van der Waals surface area (Å²) >= 11 is 5.52. The van der Waals surface area contributed by atoms with Crippen LogP contribution in [0.1, 0.15) is 23.7 Å². The van der Waals surface area contributed by atoms with Gasteiger partial charge in [0, 0.05) is 18.8 Å². The first-order chi connectivity index (χ1) is 8.69. The maximum absolute atomic E-state index is 11.9. The summed E-state index contributed by atoms with van der Waals surface area (Å²) in [7, 11) is 0. The molecular formula is C13H19ClN2O2. The molecule has 1 aromatic carbocycles. The Balaban J connectivity index is 2.69. The Hall–Kier alpha value is -1.26. The molecule has 5 heteroatoms. The van der Waals surface area contributed by atoms with Crippen LogP contribution in [0.5, 0.6) is 0 Å². The molecule has 3 N–H and O–H groups in total. The molecule has 0 spiro atoms. The highest BCUT2D eigenvalue weighted by Gasteiger charge is 2.10. The topological polar surface area (TPSA) is 61.4 Å². The number of anilines is 1. The van der Waals surface area contributed by atoms with Crippen molar-refractivity contribution in [2.24, 2.45) is 0 Å². The summed E-state index contributed by atoms with van der Waals surface area (Å²) in [6.07, 6.45) is 0.269. The zero-order valence-corrected chi connectivity index (χ0v) is 11.2. The summed E-state index contributed by atoms with van der Waals surface area (Å²) in [6, 6.07) is 7.21. The van der Waals surface area contributed by atoms with Gasteiger partial charge >= 0.3 is 0 Å². The molecule has 0 aliphatic rings. The molecular weight excluding hydrogens is 252 g/mol. The quantitative estimate of drug-likeness (QED) is 0.663. The van der Waals surface area contributed by atoms with Crippen LogP contribution in [0.15, 0.2) is 24.3 Å². The van der Waals surface area contributed by atoms with Gasteiger partial charge in [-0.15, -0.1) is 11.6 Å². The van der Waals surface area contributed by atoms with Gasteiger partial charge in [-0.25, -0.2) is 0 Å². The largest absolute Gasteiger partial charge is 0.390 e. The Bertz CT molecular complexity index is 385. The van der Waals surface area contributed by atoms with Crippen molar-refractivity contribution in [3.63, 3.8) is 0 Å². The fraction of sp³-hybridized carbons (Fsp3) is 0.462. The van der Waals surface area contributed by atoms with Crippen LogP contribution in [-0.2, 0) is 0 Å². The molecule has 1 rings (SSSR count). The molecule has 0 bridgehead atoms. The van der Waals surface area contributed by atoms with E-state index in [0.717, 1.165) is 6.42 Å². The molecule has 4 nitrogen and oxygen atoms in total. The van der Waals surface area contributed by atoms with Crippen molar-refractivity contribution >= 4 is 23.2 Å². The zero-order chi connectivity index (χ0) is 13.4. The van der Waals surface area contributed by atoms with E-state index in [-0.39, 0.29) is 11.8 Å². The van der Waals surface area contributed by atoms with E-state index in [4.69, 9.17) is 11.6 Å². The number of hydrogen-bond donors (Lipinski definition) is 3. The Morgan fingerprint density at radius 2 is 2.17 bits per heavy atom. The number of aliphatic hydroxyl groups excluding tert-OH is 1. The summed E-state index contributed by atoms with van der Waals surface area (Å²) in [4.78, 5) is 11.9. The highest BCUT2D eigenvalue weighted by molar-refractivity contribution is 6.18. The van der Waals surface area contributed by atoms with Gasteiger partial charge in [0.05, 0.1) is 17.5 Å². The van der Waals surface area contributed by atoms with Crippen molar-refractivity contribution < 1.29 is 9.90 Å². The van der Waals surface area contributed by atoms with E-state index in [0.29, 0.717) is 24.3 Å². The van der Waals surface area contributed by atoms with E-state index < -0.39 is 6.10 Å². The summed E-state index contributed by atoms with van der Waals surface area (Å²) < 4.78 is 0. The molecule has 0 fully saturated rings. The standard InChI is InChI=1S/C13H19ClN2O2/c1-2-7-15-13(18)11-5-3-4-6-12(11)16-9-10(17)8-14/h3-6,10,16-17H,2,7-9H2,1H3,(H,15,18). The fourth-order valence-electron chi connectivity index (χ4n) is 1.45. The molecule has 0 radical (unpaired) electrons. The van der Waals surface area contributed by atoms with Crippen molar-refractivity contribution in [2.45, 2.75) is 19.4 Å². The minimum absolute atomic E-state index is 0.111. The van der Waals surface area contributed by atoms with Gasteiger partial charge in [0.2, 0.25) is 0 Å².